The van der Waals surface area contributed by atoms with Crippen molar-refractivity contribution in [3.05, 3.63) is 66.2 Å². The number of carbonyl (C=O) groups is 1. The molecule has 0 aliphatic carbocycles. The first-order chi connectivity index (χ1) is 15.4. The third-order valence-corrected chi connectivity index (χ3v) is 7.28. The topological polar surface area (TPSA) is 122 Å². The third kappa shape index (κ3) is 4.52. The molecule has 0 saturated carbocycles. The van der Waals surface area contributed by atoms with E-state index in [-0.39, 0.29) is 16.4 Å². The number of ketones is 1. The number of likely N-dealkylation sites (N-methyl/N-ethyl adjacent to an activating group) is 1. The maximum Gasteiger partial charge on any atom is 0.243 e. The molecule has 0 unspecified atom stereocenters. The van der Waals surface area contributed by atoms with Crippen LogP contribution in [0.25, 0.3) is 11.3 Å². The van der Waals surface area contributed by atoms with Crippen molar-refractivity contribution in [2.45, 2.75) is 11.3 Å². The Bertz CT molecular complexity index is 1230. The van der Waals surface area contributed by atoms with E-state index in [0.717, 1.165) is 13.0 Å². The standard InChI is InChI=1S/C22H24N6O3S/c1-27-9-4-10-28(12-11-27)32(30,31)18-7-2-5-16(13-18)19-15-25-22(23)20(26-19)21(29)17-6-3-8-24-14-17/h2-3,5-8,13-15H,4,9-12H2,1H3,(H2,23,25). The van der Waals surface area contributed by atoms with Crippen LogP contribution in [0.1, 0.15) is 22.5 Å². The van der Waals surface area contributed by atoms with Crippen LogP contribution in [0, 0.1) is 0 Å². The molecule has 9 nitrogen and oxygen atoms in total. The predicted molar refractivity (Wildman–Crippen MR) is 120 cm³/mol. The van der Waals surface area contributed by atoms with Gasteiger partial charge in [0.25, 0.3) is 0 Å². The number of pyridine rings is 1. The van der Waals surface area contributed by atoms with Crippen molar-refractivity contribution >= 4 is 21.6 Å². The Morgan fingerprint density at radius 2 is 1.91 bits per heavy atom. The van der Waals surface area contributed by atoms with E-state index in [2.05, 4.69) is 19.9 Å². The van der Waals surface area contributed by atoms with Crippen molar-refractivity contribution in [2.24, 2.45) is 0 Å². The Morgan fingerprint density at radius 1 is 1.06 bits per heavy atom. The molecule has 166 valence electrons. The molecule has 2 aromatic heterocycles. The van der Waals surface area contributed by atoms with Gasteiger partial charge in [-0.2, -0.15) is 4.31 Å². The lowest BCUT2D eigenvalue weighted by Crippen LogP contribution is -2.34. The summed E-state index contributed by atoms with van der Waals surface area (Å²) >= 11 is 0. The molecule has 32 heavy (non-hydrogen) atoms. The van der Waals surface area contributed by atoms with Gasteiger partial charge in [-0.3, -0.25) is 9.78 Å². The summed E-state index contributed by atoms with van der Waals surface area (Å²) in [6, 6.07) is 9.79. The van der Waals surface area contributed by atoms with Gasteiger partial charge in [0.1, 0.15) is 0 Å². The van der Waals surface area contributed by atoms with Crippen LogP contribution >= 0.6 is 0 Å². The number of hydrogen-bond acceptors (Lipinski definition) is 8. The molecule has 3 heterocycles. The Balaban J connectivity index is 1.67. The highest BCUT2D eigenvalue weighted by Crippen LogP contribution is 2.25. The van der Waals surface area contributed by atoms with Crippen LogP contribution < -0.4 is 5.73 Å². The molecule has 10 heteroatoms. The molecular weight excluding hydrogens is 428 g/mol. The molecule has 0 bridgehead atoms. The van der Waals surface area contributed by atoms with Gasteiger partial charge in [0.2, 0.25) is 15.8 Å². The maximum absolute atomic E-state index is 13.2. The van der Waals surface area contributed by atoms with Crippen molar-refractivity contribution < 1.29 is 13.2 Å². The minimum atomic E-state index is -3.66. The van der Waals surface area contributed by atoms with Crippen LogP contribution in [0.4, 0.5) is 5.82 Å². The summed E-state index contributed by atoms with van der Waals surface area (Å²) < 4.78 is 28.0. The zero-order valence-corrected chi connectivity index (χ0v) is 18.5. The summed E-state index contributed by atoms with van der Waals surface area (Å²) in [6.45, 7) is 2.46. The van der Waals surface area contributed by atoms with Crippen LogP contribution in [-0.4, -0.2) is 71.6 Å². The highest BCUT2D eigenvalue weighted by molar-refractivity contribution is 7.89. The van der Waals surface area contributed by atoms with Gasteiger partial charge in [0, 0.05) is 43.2 Å². The number of hydrogen-bond donors (Lipinski definition) is 1. The summed E-state index contributed by atoms with van der Waals surface area (Å²) in [4.78, 5) is 27.6. The number of rotatable bonds is 5. The van der Waals surface area contributed by atoms with Crippen LogP contribution in [0.15, 0.2) is 59.9 Å². The van der Waals surface area contributed by atoms with Crippen molar-refractivity contribution in [2.75, 3.05) is 39.0 Å². The minimum absolute atomic E-state index is 0.0000609. The first kappa shape index (κ1) is 22.0. The molecule has 0 amide bonds. The second-order valence-electron chi connectivity index (χ2n) is 7.65. The number of nitrogens with zero attached hydrogens (tertiary/aromatic N) is 5. The Labute approximate surface area is 187 Å². The summed E-state index contributed by atoms with van der Waals surface area (Å²) in [5.74, 6) is -0.400. The van der Waals surface area contributed by atoms with Gasteiger partial charge in [-0.25, -0.2) is 18.4 Å². The van der Waals surface area contributed by atoms with E-state index in [0.29, 0.717) is 36.5 Å². The summed E-state index contributed by atoms with van der Waals surface area (Å²) in [5, 5.41) is 0. The second kappa shape index (κ2) is 9.11. The molecule has 1 saturated heterocycles. The van der Waals surface area contributed by atoms with Gasteiger partial charge in [-0.1, -0.05) is 12.1 Å². The Morgan fingerprint density at radius 3 is 2.69 bits per heavy atom. The second-order valence-corrected chi connectivity index (χ2v) is 9.59. The van der Waals surface area contributed by atoms with E-state index in [1.54, 1.807) is 42.6 Å². The fourth-order valence-electron chi connectivity index (χ4n) is 3.57. The number of anilines is 1. The maximum atomic E-state index is 13.2. The van der Waals surface area contributed by atoms with E-state index >= 15 is 0 Å². The molecule has 1 aliphatic heterocycles. The van der Waals surface area contributed by atoms with Gasteiger partial charge in [0.15, 0.2) is 11.5 Å². The molecule has 0 radical (unpaired) electrons. The lowest BCUT2D eigenvalue weighted by Gasteiger charge is -2.20. The molecule has 1 aliphatic rings. The van der Waals surface area contributed by atoms with E-state index < -0.39 is 15.8 Å². The first-order valence-corrected chi connectivity index (χ1v) is 11.7. The summed E-state index contributed by atoms with van der Waals surface area (Å²) in [6.07, 6.45) is 5.21. The van der Waals surface area contributed by atoms with E-state index in [4.69, 9.17) is 5.73 Å². The molecular formula is C22H24N6O3S. The highest BCUT2D eigenvalue weighted by Gasteiger charge is 2.26. The lowest BCUT2D eigenvalue weighted by atomic mass is 10.1. The summed E-state index contributed by atoms with van der Waals surface area (Å²) in [5.41, 5.74) is 7.14. The van der Waals surface area contributed by atoms with Gasteiger partial charge < -0.3 is 10.6 Å². The minimum Gasteiger partial charge on any atom is -0.382 e. The third-order valence-electron chi connectivity index (χ3n) is 5.39. The molecule has 2 N–H and O–H groups in total. The van der Waals surface area contributed by atoms with E-state index in [1.807, 2.05) is 7.05 Å². The van der Waals surface area contributed by atoms with Gasteiger partial charge >= 0.3 is 0 Å². The number of nitrogens with two attached hydrogens (primary N) is 1. The van der Waals surface area contributed by atoms with Crippen molar-refractivity contribution in [1.29, 1.82) is 0 Å². The van der Waals surface area contributed by atoms with Gasteiger partial charge in [0.05, 0.1) is 16.8 Å². The zero-order valence-electron chi connectivity index (χ0n) is 17.7. The van der Waals surface area contributed by atoms with Gasteiger partial charge in [-0.05, 0) is 44.3 Å². The largest absolute Gasteiger partial charge is 0.382 e. The highest BCUT2D eigenvalue weighted by atomic mass is 32.2. The molecule has 1 aromatic carbocycles. The normalized spacial score (nSPS) is 15.9. The number of aromatic nitrogens is 3. The SMILES string of the molecule is CN1CCCN(S(=O)(=O)c2cccc(-c3cnc(N)c(C(=O)c4cccnc4)n3)c2)CC1. The number of carbonyl (C=O) groups excluding carboxylic acids is 1. The predicted octanol–water partition coefficient (Wildman–Crippen LogP) is 1.68. The quantitative estimate of drug-likeness (QED) is 0.580. The first-order valence-electron chi connectivity index (χ1n) is 10.2. The molecule has 3 aromatic rings. The average molecular weight is 453 g/mol. The molecule has 0 atom stereocenters. The van der Waals surface area contributed by atoms with Crippen molar-refractivity contribution in [3.63, 3.8) is 0 Å². The van der Waals surface area contributed by atoms with E-state index in [1.165, 1.54) is 16.7 Å². The number of benzene rings is 1. The van der Waals surface area contributed by atoms with Crippen LogP contribution in [0.5, 0.6) is 0 Å². The lowest BCUT2D eigenvalue weighted by molar-refractivity contribution is 0.103. The fraction of sp³-hybridized carbons (Fsp3) is 0.273. The smallest absolute Gasteiger partial charge is 0.243 e. The van der Waals surface area contributed by atoms with Crippen LogP contribution in [-0.2, 0) is 10.0 Å². The van der Waals surface area contributed by atoms with Crippen molar-refractivity contribution in [3.8, 4) is 11.3 Å². The Hall–Kier alpha value is -3.21. The Kier molecular flexibility index (Phi) is 6.26. The number of nitrogen functional groups attached to an aromatic ring is 1. The summed E-state index contributed by atoms with van der Waals surface area (Å²) in [7, 11) is -1.67. The van der Waals surface area contributed by atoms with Crippen LogP contribution in [0.2, 0.25) is 0 Å². The fourth-order valence-corrected chi connectivity index (χ4v) is 5.08. The van der Waals surface area contributed by atoms with E-state index in [9.17, 15) is 13.2 Å². The van der Waals surface area contributed by atoms with Crippen molar-refractivity contribution in [1.82, 2.24) is 24.2 Å². The average Bonchev–Trinajstić information content (AvgIpc) is 3.04. The zero-order chi connectivity index (χ0) is 22.7. The molecule has 0 spiro atoms. The van der Waals surface area contributed by atoms with Crippen LogP contribution in [0.3, 0.4) is 0 Å². The number of sulfonamides is 1. The molecule has 1 fully saturated rings. The van der Waals surface area contributed by atoms with Gasteiger partial charge in [-0.15, -0.1) is 0 Å². The monoisotopic (exact) mass is 452 g/mol. The molecule has 4 rings (SSSR count).